The van der Waals surface area contributed by atoms with Crippen molar-refractivity contribution in [2.24, 2.45) is 5.16 Å². The van der Waals surface area contributed by atoms with Gasteiger partial charge in [0.15, 0.2) is 0 Å². The third-order valence-corrected chi connectivity index (χ3v) is 4.69. The van der Waals surface area contributed by atoms with Crippen molar-refractivity contribution in [2.75, 3.05) is 6.26 Å². The van der Waals surface area contributed by atoms with Gasteiger partial charge in [0.1, 0.15) is 10.7 Å². The molecule has 0 amide bonds. The number of rotatable bonds is 4. The Morgan fingerprint density at radius 2 is 2.00 bits per heavy atom. The Balaban J connectivity index is 2.11. The van der Waals surface area contributed by atoms with Crippen molar-refractivity contribution in [1.29, 1.82) is 5.26 Å². The van der Waals surface area contributed by atoms with E-state index in [4.69, 9.17) is 5.26 Å². The fourth-order valence-corrected chi connectivity index (χ4v) is 3.44. The zero-order valence-corrected chi connectivity index (χ0v) is 14.4. The summed E-state index contributed by atoms with van der Waals surface area (Å²) in [7, 11) is -3.73. The van der Waals surface area contributed by atoms with Crippen LogP contribution in [0.2, 0.25) is 0 Å². The molecule has 0 saturated carbocycles. The molecule has 1 aromatic carbocycles. The summed E-state index contributed by atoms with van der Waals surface area (Å²) < 4.78 is 28.3. The molecule has 3 rings (SSSR count). The lowest BCUT2D eigenvalue weighted by atomic mass is 10.1. The molecule has 1 aliphatic carbocycles. The van der Waals surface area contributed by atoms with Crippen molar-refractivity contribution in [1.82, 2.24) is 4.98 Å². The summed E-state index contributed by atoms with van der Waals surface area (Å²) in [6.45, 7) is 0. The molecule has 1 aromatic heterocycles. The molecule has 0 saturated heterocycles. The minimum atomic E-state index is -3.73. The summed E-state index contributed by atoms with van der Waals surface area (Å²) in [5.41, 5.74) is 1.46. The lowest BCUT2D eigenvalue weighted by Gasteiger charge is -2.03. The van der Waals surface area contributed by atoms with Gasteiger partial charge in [-0.2, -0.15) is 13.7 Å². The molecule has 2 aromatic rings. The van der Waals surface area contributed by atoms with Crippen molar-refractivity contribution >= 4 is 39.3 Å². The number of nitrogens with zero attached hydrogens (tertiary/aromatic N) is 3. The van der Waals surface area contributed by atoms with Crippen LogP contribution in [0, 0.1) is 11.3 Å². The van der Waals surface area contributed by atoms with Crippen molar-refractivity contribution in [3.05, 3.63) is 50.3 Å². The highest BCUT2D eigenvalue weighted by Gasteiger charge is 2.15. The van der Waals surface area contributed by atoms with Gasteiger partial charge < -0.3 is 0 Å². The van der Waals surface area contributed by atoms with Crippen molar-refractivity contribution in [3.8, 4) is 6.07 Å². The van der Waals surface area contributed by atoms with E-state index >= 15 is 0 Å². The molecule has 122 valence electrons. The van der Waals surface area contributed by atoms with Crippen LogP contribution in [0.15, 0.2) is 29.4 Å². The van der Waals surface area contributed by atoms with Crippen LogP contribution in [0.25, 0.3) is 12.2 Å². The molecule has 0 fully saturated rings. The van der Waals surface area contributed by atoms with Gasteiger partial charge in [-0.25, -0.2) is 4.98 Å². The van der Waals surface area contributed by atoms with E-state index in [-0.39, 0.29) is 0 Å². The van der Waals surface area contributed by atoms with E-state index < -0.39 is 10.1 Å². The van der Waals surface area contributed by atoms with Gasteiger partial charge in [-0.3, -0.25) is 4.28 Å². The van der Waals surface area contributed by atoms with Gasteiger partial charge in [0, 0.05) is 5.56 Å². The lowest BCUT2D eigenvalue weighted by molar-refractivity contribution is 0.343. The molecule has 0 radical (unpaired) electrons. The molecule has 0 unspecified atom stereocenters. The van der Waals surface area contributed by atoms with Gasteiger partial charge in [0.2, 0.25) is 0 Å². The van der Waals surface area contributed by atoms with Crippen LogP contribution in [-0.4, -0.2) is 25.4 Å². The minimum absolute atomic E-state index is 0.325. The zero-order chi connectivity index (χ0) is 17.2. The average molecular weight is 359 g/mol. The van der Waals surface area contributed by atoms with Gasteiger partial charge in [-0.1, -0.05) is 29.4 Å². The highest BCUT2D eigenvalue weighted by Crippen LogP contribution is 2.13. The molecule has 6 nitrogen and oxygen atoms in total. The first-order chi connectivity index (χ1) is 11.5. The summed E-state index contributed by atoms with van der Waals surface area (Å²) in [5.74, 6) is 0. The summed E-state index contributed by atoms with van der Waals surface area (Å²) >= 11 is 1.43. The fraction of sp³-hybridized carbons (Fsp3) is 0.188. The Kier molecular flexibility index (Phi) is 4.46. The molecule has 1 heterocycles. The molecule has 1 aliphatic rings. The van der Waals surface area contributed by atoms with Crippen LogP contribution in [0.3, 0.4) is 0 Å². The molecule has 0 atom stereocenters. The van der Waals surface area contributed by atoms with E-state index in [0.29, 0.717) is 21.8 Å². The van der Waals surface area contributed by atoms with E-state index in [2.05, 4.69) is 20.5 Å². The number of thiazole rings is 1. The molecular weight excluding hydrogens is 346 g/mol. The van der Waals surface area contributed by atoms with E-state index in [1.54, 1.807) is 24.3 Å². The maximum absolute atomic E-state index is 11.3. The minimum Gasteiger partial charge on any atom is -0.268 e. The first kappa shape index (κ1) is 16.4. The lowest BCUT2D eigenvalue weighted by Crippen LogP contribution is -2.23. The quantitative estimate of drug-likeness (QED) is 0.602. The monoisotopic (exact) mass is 359 g/mol. The van der Waals surface area contributed by atoms with Crippen molar-refractivity contribution in [3.63, 3.8) is 0 Å². The molecule has 0 spiro atoms. The third-order valence-electron chi connectivity index (χ3n) is 3.27. The maximum atomic E-state index is 11.3. The number of hydrogen-bond acceptors (Lipinski definition) is 7. The third kappa shape index (κ3) is 3.69. The molecular formula is C16H13N3O3S2. The summed E-state index contributed by atoms with van der Waals surface area (Å²) in [4.78, 5) is 4.53. The number of oxime groups is 1. The van der Waals surface area contributed by atoms with Crippen LogP contribution in [-0.2, 0) is 14.4 Å². The summed E-state index contributed by atoms with van der Waals surface area (Å²) in [5, 5.41) is 14.2. The van der Waals surface area contributed by atoms with Crippen LogP contribution in [0.5, 0.6) is 0 Å². The van der Waals surface area contributed by atoms with Crippen LogP contribution in [0.4, 0.5) is 0 Å². The van der Waals surface area contributed by atoms with E-state index in [1.807, 2.05) is 12.1 Å². The second-order valence-electron chi connectivity index (χ2n) is 5.16. The predicted molar refractivity (Wildman–Crippen MR) is 92.3 cm³/mol. The van der Waals surface area contributed by atoms with Crippen LogP contribution < -0.4 is 9.88 Å². The average Bonchev–Trinajstić information content (AvgIpc) is 2.98. The Labute approximate surface area is 143 Å². The largest absolute Gasteiger partial charge is 0.325 e. The van der Waals surface area contributed by atoms with Crippen LogP contribution in [0.1, 0.15) is 29.0 Å². The first-order valence-corrected chi connectivity index (χ1v) is 9.74. The highest BCUT2D eigenvalue weighted by atomic mass is 32.2. The second-order valence-corrected chi connectivity index (χ2v) is 7.75. The van der Waals surface area contributed by atoms with Gasteiger partial charge >= 0.3 is 10.1 Å². The van der Waals surface area contributed by atoms with Gasteiger partial charge in [-0.15, -0.1) is 11.3 Å². The fourth-order valence-electron chi connectivity index (χ4n) is 2.19. The van der Waals surface area contributed by atoms with Gasteiger partial charge in [0.25, 0.3) is 0 Å². The topological polar surface area (TPSA) is 92.4 Å². The van der Waals surface area contributed by atoms with E-state index in [9.17, 15) is 8.42 Å². The van der Waals surface area contributed by atoms with Crippen molar-refractivity contribution < 1.29 is 12.7 Å². The number of aromatic nitrogens is 1. The number of fused-ring (bicyclic) bond motifs is 1. The summed E-state index contributed by atoms with van der Waals surface area (Å²) in [6, 6.07) is 8.69. The molecule has 24 heavy (non-hydrogen) atoms. The van der Waals surface area contributed by atoms with E-state index in [0.717, 1.165) is 29.0 Å². The highest BCUT2D eigenvalue weighted by molar-refractivity contribution is 7.85. The SMILES string of the molecule is CS(=O)(=O)O/N=C(\c1ccc(C#N)cc1)c1nc2c(s1)=CCCC=2. The van der Waals surface area contributed by atoms with Gasteiger partial charge in [-0.05, 0) is 25.0 Å². The molecule has 0 bridgehead atoms. The number of hydrogen-bond donors (Lipinski definition) is 0. The van der Waals surface area contributed by atoms with Crippen molar-refractivity contribution in [2.45, 2.75) is 12.8 Å². The Bertz CT molecular complexity index is 1030. The standard InChI is InChI=1S/C16H13N3O3S2/c1-24(20,21)22-19-15(12-8-6-11(10-17)7-9-12)16-18-13-4-2-3-5-14(13)23-16/h4-9H,2-3H2,1H3/b19-15+. The first-order valence-electron chi connectivity index (χ1n) is 7.11. The second kappa shape index (κ2) is 6.55. The zero-order valence-electron chi connectivity index (χ0n) is 12.8. The van der Waals surface area contributed by atoms with Crippen LogP contribution >= 0.6 is 11.3 Å². The Hall–Kier alpha value is -2.50. The molecule has 8 heteroatoms. The Morgan fingerprint density at radius 1 is 1.29 bits per heavy atom. The normalized spacial score (nSPS) is 14.1. The smallest absolute Gasteiger partial charge is 0.268 e. The number of nitriles is 1. The number of benzene rings is 1. The van der Waals surface area contributed by atoms with E-state index in [1.165, 1.54) is 11.3 Å². The molecule has 0 aliphatic heterocycles. The summed E-state index contributed by atoms with van der Waals surface area (Å²) in [6.07, 6.45) is 6.96. The Morgan fingerprint density at radius 3 is 2.62 bits per heavy atom. The predicted octanol–water partition coefficient (Wildman–Crippen LogP) is 1.10. The van der Waals surface area contributed by atoms with Gasteiger partial charge in [0.05, 0.1) is 27.8 Å². The maximum Gasteiger partial charge on any atom is 0.325 e. The molecule has 0 N–H and O–H groups in total.